The molecule has 0 aromatic heterocycles. The number of nitriles is 1. The van der Waals surface area contributed by atoms with E-state index in [1.54, 1.807) is 24.3 Å². The standard InChI is InChI=1S/C14H19N3O2S/c15-8-11-4-6-12(7-5-11)10-20(18,19)17-14-3-1-2-13(14)9-16/h4-7,13-14,17H,1-3,9-10,16H2. The molecule has 1 fully saturated rings. The van der Waals surface area contributed by atoms with Gasteiger partial charge in [0, 0.05) is 6.04 Å². The van der Waals surface area contributed by atoms with Gasteiger partial charge in [-0.3, -0.25) is 0 Å². The van der Waals surface area contributed by atoms with Crippen molar-refractivity contribution in [3.05, 3.63) is 35.4 Å². The predicted octanol–water partition coefficient (Wildman–Crippen LogP) is 1.11. The molecule has 20 heavy (non-hydrogen) atoms. The fraction of sp³-hybridized carbons (Fsp3) is 0.500. The molecule has 108 valence electrons. The Balaban J connectivity index is 2.01. The highest BCUT2D eigenvalue weighted by atomic mass is 32.2. The number of nitrogens with one attached hydrogen (secondary N) is 1. The Morgan fingerprint density at radius 1 is 1.30 bits per heavy atom. The Kier molecular flexibility index (Phi) is 4.76. The van der Waals surface area contributed by atoms with Crippen LogP contribution in [0.5, 0.6) is 0 Å². The van der Waals surface area contributed by atoms with Gasteiger partial charge in [0.2, 0.25) is 10.0 Å². The van der Waals surface area contributed by atoms with Gasteiger partial charge in [-0.05, 0) is 43.0 Å². The van der Waals surface area contributed by atoms with E-state index in [0.717, 1.165) is 19.3 Å². The summed E-state index contributed by atoms with van der Waals surface area (Å²) < 4.78 is 27.1. The number of nitrogens with zero attached hydrogens (tertiary/aromatic N) is 1. The molecular weight excluding hydrogens is 274 g/mol. The molecule has 1 aromatic carbocycles. The monoisotopic (exact) mass is 293 g/mol. The molecule has 1 saturated carbocycles. The zero-order valence-electron chi connectivity index (χ0n) is 11.2. The van der Waals surface area contributed by atoms with E-state index in [2.05, 4.69) is 4.72 Å². The van der Waals surface area contributed by atoms with E-state index in [4.69, 9.17) is 11.0 Å². The van der Waals surface area contributed by atoms with Gasteiger partial charge >= 0.3 is 0 Å². The van der Waals surface area contributed by atoms with Crippen LogP contribution in [0.3, 0.4) is 0 Å². The topological polar surface area (TPSA) is 96.0 Å². The molecule has 5 nitrogen and oxygen atoms in total. The maximum Gasteiger partial charge on any atom is 0.216 e. The normalized spacial score (nSPS) is 22.6. The van der Waals surface area contributed by atoms with Gasteiger partial charge in [0.25, 0.3) is 0 Å². The van der Waals surface area contributed by atoms with Gasteiger partial charge in [0.05, 0.1) is 17.4 Å². The van der Waals surface area contributed by atoms with Gasteiger partial charge < -0.3 is 5.73 Å². The largest absolute Gasteiger partial charge is 0.330 e. The summed E-state index contributed by atoms with van der Waals surface area (Å²) in [4.78, 5) is 0. The van der Waals surface area contributed by atoms with Crippen molar-refractivity contribution in [2.24, 2.45) is 11.7 Å². The smallest absolute Gasteiger partial charge is 0.216 e. The molecule has 2 unspecified atom stereocenters. The second kappa shape index (κ2) is 6.35. The molecule has 0 aliphatic heterocycles. The number of hydrogen-bond acceptors (Lipinski definition) is 4. The summed E-state index contributed by atoms with van der Waals surface area (Å²) in [7, 11) is -3.37. The molecule has 0 amide bonds. The molecule has 0 heterocycles. The number of rotatable bonds is 5. The van der Waals surface area contributed by atoms with Gasteiger partial charge in [-0.25, -0.2) is 13.1 Å². The lowest BCUT2D eigenvalue weighted by Gasteiger charge is -2.19. The Hall–Kier alpha value is -1.42. The fourth-order valence-corrected chi connectivity index (χ4v) is 4.13. The van der Waals surface area contributed by atoms with Crippen LogP contribution in [0.15, 0.2) is 24.3 Å². The van der Waals surface area contributed by atoms with E-state index >= 15 is 0 Å². The van der Waals surface area contributed by atoms with Crippen LogP contribution in [0.4, 0.5) is 0 Å². The van der Waals surface area contributed by atoms with Crippen molar-refractivity contribution >= 4 is 10.0 Å². The highest BCUT2D eigenvalue weighted by Crippen LogP contribution is 2.25. The second-order valence-corrected chi connectivity index (χ2v) is 6.97. The van der Waals surface area contributed by atoms with Crippen LogP contribution in [0.1, 0.15) is 30.4 Å². The summed E-state index contributed by atoms with van der Waals surface area (Å²) in [5.41, 5.74) is 6.87. The van der Waals surface area contributed by atoms with Crippen molar-refractivity contribution in [2.45, 2.75) is 31.1 Å². The molecule has 0 bridgehead atoms. The molecule has 2 rings (SSSR count). The molecule has 0 radical (unpaired) electrons. The predicted molar refractivity (Wildman–Crippen MR) is 77.1 cm³/mol. The SMILES string of the molecule is N#Cc1ccc(CS(=O)(=O)NC2CCCC2CN)cc1. The third-order valence-electron chi connectivity index (χ3n) is 3.73. The van der Waals surface area contributed by atoms with Gasteiger partial charge in [0.15, 0.2) is 0 Å². The van der Waals surface area contributed by atoms with Crippen molar-refractivity contribution in [2.75, 3.05) is 6.54 Å². The van der Waals surface area contributed by atoms with Crippen molar-refractivity contribution in [3.8, 4) is 6.07 Å². The number of sulfonamides is 1. The van der Waals surface area contributed by atoms with Crippen LogP contribution in [-0.2, 0) is 15.8 Å². The van der Waals surface area contributed by atoms with Crippen LogP contribution in [0, 0.1) is 17.2 Å². The Labute approximate surface area is 119 Å². The van der Waals surface area contributed by atoms with Crippen LogP contribution in [0.25, 0.3) is 0 Å². The van der Waals surface area contributed by atoms with Crippen molar-refractivity contribution in [1.82, 2.24) is 4.72 Å². The maximum absolute atomic E-state index is 12.2. The number of benzene rings is 1. The Morgan fingerprint density at radius 3 is 2.60 bits per heavy atom. The average molecular weight is 293 g/mol. The Bertz CT molecular complexity index is 590. The number of hydrogen-bond donors (Lipinski definition) is 2. The molecule has 1 aliphatic rings. The van der Waals surface area contributed by atoms with Gasteiger partial charge in [-0.15, -0.1) is 0 Å². The first kappa shape index (κ1) is 15.0. The lowest BCUT2D eigenvalue weighted by molar-refractivity contribution is 0.452. The van der Waals surface area contributed by atoms with E-state index in [-0.39, 0.29) is 17.7 Å². The van der Waals surface area contributed by atoms with E-state index < -0.39 is 10.0 Å². The molecule has 1 aliphatic carbocycles. The summed E-state index contributed by atoms with van der Waals surface area (Å²) in [6.45, 7) is 0.518. The second-order valence-electron chi connectivity index (χ2n) is 5.22. The molecule has 0 spiro atoms. The van der Waals surface area contributed by atoms with Crippen molar-refractivity contribution < 1.29 is 8.42 Å². The lowest BCUT2D eigenvalue weighted by atomic mass is 10.1. The Morgan fingerprint density at radius 2 is 2.00 bits per heavy atom. The average Bonchev–Trinajstić information content (AvgIpc) is 2.85. The summed E-state index contributed by atoms with van der Waals surface area (Å²) in [6, 6.07) is 8.57. The van der Waals surface area contributed by atoms with E-state index in [1.165, 1.54) is 0 Å². The third kappa shape index (κ3) is 3.79. The summed E-state index contributed by atoms with van der Waals surface area (Å²) >= 11 is 0. The van der Waals surface area contributed by atoms with Crippen LogP contribution in [0.2, 0.25) is 0 Å². The van der Waals surface area contributed by atoms with Crippen LogP contribution >= 0.6 is 0 Å². The van der Waals surface area contributed by atoms with Gasteiger partial charge in [0.1, 0.15) is 0 Å². The quantitative estimate of drug-likeness (QED) is 0.849. The molecule has 1 aromatic rings. The maximum atomic E-state index is 12.2. The van der Waals surface area contributed by atoms with E-state index in [0.29, 0.717) is 17.7 Å². The summed E-state index contributed by atoms with van der Waals surface area (Å²) in [6.07, 6.45) is 2.86. The first-order valence-electron chi connectivity index (χ1n) is 6.73. The van der Waals surface area contributed by atoms with Crippen molar-refractivity contribution in [3.63, 3.8) is 0 Å². The minimum atomic E-state index is -3.37. The van der Waals surface area contributed by atoms with Crippen LogP contribution < -0.4 is 10.5 Å². The van der Waals surface area contributed by atoms with E-state index in [9.17, 15) is 8.42 Å². The fourth-order valence-electron chi connectivity index (χ4n) is 2.64. The minimum absolute atomic E-state index is 0.0385. The molecule has 0 saturated heterocycles. The highest BCUT2D eigenvalue weighted by molar-refractivity contribution is 7.88. The summed E-state index contributed by atoms with van der Waals surface area (Å²) in [5, 5.41) is 8.71. The lowest BCUT2D eigenvalue weighted by Crippen LogP contribution is -2.40. The van der Waals surface area contributed by atoms with Gasteiger partial charge in [-0.2, -0.15) is 5.26 Å². The minimum Gasteiger partial charge on any atom is -0.330 e. The van der Waals surface area contributed by atoms with Gasteiger partial charge in [-0.1, -0.05) is 18.6 Å². The van der Waals surface area contributed by atoms with E-state index in [1.807, 2.05) is 6.07 Å². The molecule has 6 heteroatoms. The first-order valence-corrected chi connectivity index (χ1v) is 8.38. The molecule has 3 N–H and O–H groups in total. The van der Waals surface area contributed by atoms with Crippen LogP contribution in [-0.4, -0.2) is 21.0 Å². The molecular formula is C14H19N3O2S. The zero-order valence-corrected chi connectivity index (χ0v) is 12.1. The third-order valence-corrected chi connectivity index (χ3v) is 5.11. The molecule has 2 atom stereocenters. The number of nitrogens with two attached hydrogens (primary N) is 1. The zero-order chi connectivity index (χ0) is 14.6. The summed E-state index contributed by atoms with van der Waals surface area (Å²) in [5.74, 6) is 0.178. The first-order chi connectivity index (χ1) is 9.54. The van der Waals surface area contributed by atoms with Crippen molar-refractivity contribution in [1.29, 1.82) is 5.26 Å². The highest BCUT2D eigenvalue weighted by Gasteiger charge is 2.29.